The van der Waals surface area contributed by atoms with Gasteiger partial charge in [-0.3, -0.25) is 9.59 Å². The Hall–Kier alpha value is -3.80. The minimum Gasteiger partial charge on any atom is -0.506 e. The Morgan fingerprint density at radius 2 is 1.41 bits per heavy atom. The van der Waals surface area contributed by atoms with Gasteiger partial charge < -0.3 is 20.2 Å². The number of rotatable bonds is 6. The number of hydrogen-bond acceptors (Lipinski definition) is 4. The van der Waals surface area contributed by atoms with Gasteiger partial charge in [-0.15, -0.1) is 0 Å². The minimum atomic E-state index is -0.410. The van der Waals surface area contributed by atoms with Crippen molar-refractivity contribution in [3.05, 3.63) is 96.1 Å². The van der Waals surface area contributed by atoms with E-state index in [-0.39, 0.29) is 24.0 Å². The molecule has 6 heteroatoms. The molecule has 0 aliphatic carbocycles. The summed E-state index contributed by atoms with van der Waals surface area (Å²) in [6, 6.07) is 25.5. The average Bonchev–Trinajstić information content (AvgIpc) is 2.85. The predicted molar refractivity (Wildman–Crippen MR) is 125 cm³/mol. The van der Waals surface area contributed by atoms with Gasteiger partial charge >= 0.3 is 0 Å². The molecule has 1 unspecified atom stereocenters. The second-order valence-electron chi connectivity index (χ2n) is 7.86. The van der Waals surface area contributed by atoms with Gasteiger partial charge in [0.05, 0.1) is 18.2 Å². The maximum absolute atomic E-state index is 13.1. The van der Waals surface area contributed by atoms with Crippen LogP contribution in [0.1, 0.15) is 28.4 Å². The molecule has 0 spiro atoms. The second kappa shape index (κ2) is 10.0. The van der Waals surface area contributed by atoms with E-state index in [9.17, 15) is 14.7 Å². The molecule has 0 bridgehead atoms. The fourth-order valence-electron chi connectivity index (χ4n) is 4.00. The number of carbonyl (C=O) groups is 2. The van der Waals surface area contributed by atoms with E-state index >= 15 is 0 Å². The molecule has 3 aromatic carbocycles. The lowest BCUT2D eigenvalue weighted by Crippen LogP contribution is -2.49. The normalized spacial score (nSPS) is 14.6. The topological polar surface area (TPSA) is 72.9 Å². The maximum Gasteiger partial charge on any atom is 0.251 e. The van der Waals surface area contributed by atoms with Crippen LogP contribution in [0.15, 0.2) is 84.9 Å². The summed E-state index contributed by atoms with van der Waals surface area (Å²) in [6.45, 7) is 2.44. The third-order valence-corrected chi connectivity index (χ3v) is 5.78. The van der Waals surface area contributed by atoms with Crippen LogP contribution in [0.4, 0.5) is 5.69 Å². The zero-order chi connectivity index (χ0) is 22.3. The smallest absolute Gasteiger partial charge is 0.251 e. The second-order valence-corrected chi connectivity index (χ2v) is 7.86. The van der Waals surface area contributed by atoms with Crippen molar-refractivity contribution in [2.45, 2.75) is 12.5 Å². The maximum atomic E-state index is 13.1. The van der Waals surface area contributed by atoms with Crippen LogP contribution in [0, 0.1) is 0 Å². The Morgan fingerprint density at radius 1 is 0.812 bits per heavy atom. The van der Waals surface area contributed by atoms with Crippen LogP contribution in [-0.4, -0.2) is 48.0 Å². The quantitative estimate of drug-likeness (QED) is 0.628. The molecule has 32 heavy (non-hydrogen) atoms. The largest absolute Gasteiger partial charge is 0.506 e. The molecule has 1 fully saturated rings. The van der Waals surface area contributed by atoms with Gasteiger partial charge in [-0.2, -0.15) is 0 Å². The van der Waals surface area contributed by atoms with Gasteiger partial charge in [0.2, 0.25) is 5.91 Å². The van der Waals surface area contributed by atoms with E-state index in [1.54, 1.807) is 24.3 Å². The molecule has 1 aliphatic heterocycles. The van der Waals surface area contributed by atoms with Crippen molar-refractivity contribution >= 4 is 17.5 Å². The monoisotopic (exact) mass is 429 g/mol. The summed E-state index contributed by atoms with van der Waals surface area (Å²) >= 11 is 0. The third-order valence-electron chi connectivity index (χ3n) is 5.78. The molecular weight excluding hydrogens is 402 g/mol. The van der Waals surface area contributed by atoms with Crippen LogP contribution in [-0.2, 0) is 4.79 Å². The van der Waals surface area contributed by atoms with Crippen LogP contribution < -0.4 is 10.2 Å². The van der Waals surface area contributed by atoms with Crippen molar-refractivity contribution in [1.29, 1.82) is 0 Å². The number of piperazine rings is 1. The fraction of sp³-hybridized carbons (Fsp3) is 0.231. The Bertz CT molecular complexity index is 1050. The van der Waals surface area contributed by atoms with E-state index in [2.05, 4.69) is 10.2 Å². The highest BCUT2D eigenvalue weighted by molar-refractivity contribution is 5.94. The van der Waals surface area contributed by atoms with E-state index in [4.69, 9.17) is 0 Å². The molecule has 3 aromatic rings. The highest BCUT2D eigenvalue weighted by atomic mass is 16.3. The van der Waals surface area contributed by atoms with E-state index < -0.39 is 6.04 Å². The van der Waals surface area contributed by atoms with Gasteiger partial charge in [0.15, 0.2) is 0 Å². The standard InChI is InChI=1S/C26H27N3O3/c30-24-14-8-7-13-23(24)28-15-17-29(18-16-28)25(31)19-22(20-9-3-1-4-10-20)27-26(32)21-11-5-2-6-12-21/h1-14,22,30H,15-19H2,(H,27,32). The first-order chi connectivity index (χ1) is 15.6. The number of phenolic OH excluding ortho intramolecular Hbond substituents is 1. The molecule has 0 radical (unpaired) electrons. The fourth-order valence-corrected chi connectivity index (χ4v) is 4.00. The lowest BCUT2D eigenvalue weighted by atomic mass is 10.0. The van der Waals surface area contributed by atoms with Crippen molar-refractivity contribution in [3.63, 3.8) is 0 Å². The number of nitrogens with zero attached hydrogens (tertiary/aromatic N) is 2. The first-order valence-electron chi connectivity index (χ1n) is 10.8. The zero-order valence-corrected chi connectivity index (χ0v) is 17.9. The summed E-state index contributed by atoms with van der Waals surface area (Å²) < 4.78 is 0. The molecule has 2 amide bonds. The van der Waals surface area contributed by atoms with Crippen LogP contribution in [0.25, 0.3) is 0 Å². The van der Waals surface area contributed by atoms with Crippen LogP contribution in [0.2, 0.25) is 0 Å². The van der Waals surface area contributed by atoms with Crippen LogP contribution in [0.5, 0.6) is 5.75 Å². The molecular formula is C26H27N3O3. The van der Waals surface area contributed by atoms with E-state index in [0.29, 0.717) is 31.7 Å². The Kier molecular flexibility index (Phi) is 6.70. The number of anilines is 1. The highest BCUT2D eigenvalue weighted by Crippen LogP contribution is 2.27. The Morgan fingerprint density at radius 3 is 2.06 bits per heavy atom. The van der Waals surface area contributed by atoms with Gasteiger partial charge in [-0.1, -0.05) is 60.7 Å². The first kappa shape index (κ1) is 21.4. The molecule has 0 saturated carbocycles. The zero-order valence-electron chi connectivity index (χ0n) is 17.9. The molecule has 1 heterocycles. The molecule has 6 nitrogen and oxygen atoms in total. The summed E-state index contributed by atoms with van der Waals surface area (Å²) in [5.74, 6) is 0.0563. The summed E-state index contributed by atoms with van der Waals surface area (Å²) in [6.07, 6.45) is 0.194. The number of carbonyl (C=O) groups excluding carboxylic acids is 2. The number of hydrogen-bond donors (Lipinski definition) is 2. The summed E-state index contributed by atoms with van der Waals surface area (Å²) in [5, 5.41) is 13.1. The molecule has 0 aromatic heterocycles. The molecule has 1 aliphatic rings. The van der Waals surface area contributed by atoms with Gasteiger partial charge in [-0.05, 0) is 29.8 Å². The number of nitrogens with one attached hydrogen (secondary N) is 1. The van der Waals surface area contributed by atoms with Crippen molar-refractivity contribution in [2.24, 2.45) is 0 Å². The predicted octanol–water partition coefficient (Wildman–Crippen LogP) is 3.60. The summed E-state index contributed by atoms with van der Waals surface area (Å²) in [7, 11) is 0. The SMILES string of the molecule is O=C(NC(CC(=O)N1CCN(c2ccccc2O)CC1)c1ccccc1)c1ccccc1. The van der Waals surface area contributed by atoms with Gasteiger partial charge in [0, 0.05) is 31.7 Å². The van der Waals surface area contributed by atoms with Crippen molar-refractivity contribution in [2.75, 3.05) is 31.1 Å². The summed E-state index contributed by atoms with van der Waals surface area (Å²) in [5.41, 5.74) is 2.26. The lowest BCUT2D eigenvalue weighted by Gasteiger charge is -2.37. The molecule has 164 valence electrons. The van der Waals surface area contributed by atoms with Gasteiger partial charge in [0.1, 0.15) is 5.75 Å². The van der Waals surface area contributed by atoms with Crippen LogP contribution in [0.3, 0.4) is 0 Å². The van der Waals surface area contributed by atoms with Crippen LogP contribution >= 0.6 is 0 Å². The van der Waals surface area contributed by atoms with E-state index in [1.807, 2.05) is 65.6 Å². The van der Waals surface area contributed by atoms with E-state index in [0.717, 1.165) is 11.3 Å². The first-order valence-corrected chi connectivity index (χ1v) is 10.8. The van der Waals surface area contributed by atoms with Gasteiger partial charge in [0.25, 0.3) is 5.91 Å². The number of amides is 2. The molecule has 2 N–H and O–H groups in total. The molecule has 1 saturated heterocycles. The number of phenols is 1. The van der Waals surface area contributed by atoms with Crippen molar-refractivity contribution in [3.8, 4) is 5.75 Å². The third kappa shape index (κ3) is 5.09. The highest BCUT2D eigenvalue weighted by Gasteiger charge is 2.26. The molecule has 4 rings (SSSR count). The number of benzene rings is 3. The van der Waals surface area contributed by atoms with Gasteiger partial charge in [-0.25, -0.2) is 0 Å². The van der Waals surface area contributed by atoms with E-state index in [1.165, 1.54) is 0 Å². The average molecular weight is 430 g/mol. The Balaban J connectivity index is 1.41. The lowest BCUT2D eigenvalue weighted by molar-refractivity contribution is -0.132. The number of para-hydroxylation sites is 2. The summed E-state index contributed by atoms with van der Waals surface area (Å²) in [4.78, 5) is 29.8. The Labute approximate surface area is 188 Å². The van der Waals surface area contributed by atoms with Crippen molar-refractivity contribution < 1.29 is 14.7 Å². The number of aromatic hydroxyl groups is 1. The van der Waals surface area contributed by atoms with Crippen molar-refractivity contribution in [1.82, 2.24) is 10.2 Å². The minimum absolute atomic E-state index is 0.00384. The molecule has 1 atom stereocenters.